The van der Waals surface area contributed by atoms with Crippen molar-refractivity contribution in [2.45, 2.75) is 12.8 Å². The number of amides is 2. The molecule has 1 aliphatic heterocycles. The number of rotatable bonds is 8. The number of para-hydroxylation sites is 1. The maximum Gasteiger partial charge on any atom is 0.325 e. The zero-order valence-corrected chi connectivity index (χ0v) is 15.4. The average molecular weight is 382 g/mol. The lowest BCUT2D eigenvalue weighted by Gasteiger charge is -2.15. The molecule has 28 heavy (non-hydrogen) atoms. The van der Waals surface area contributed by atoms with E-state index >= 15 is 0 Å². The van der Waals surface area contributed by atoms with E-state index in [2.05, 4.69) is 5.32 Å². The molecule has 1 saturated heterocycles. The molecule has 0 saturated carbocycles. The van der Waals surface area contributed by atoms with Crippen molar-refractivity contribution < 1.29 is 23.9 Å². The van der Waals surface area contributed by atoms with Crippen molar-refractivity contribution in [2.24, 2.45) is 0 Å². The zero-order chi connectivity index (χ0) is 19.8. The van der Waals surface area contributed by atoms with Crippen LogP contribution in [0.4, 0.5) is 5.69 Å². The largest absolute Gasteiger partial charge is 0.490 e. The second kappa shape index (κ2) is 9.55. The summed E-state index contributed by atoms with van der Waals surface area (Å²) in [5.74, 6) is -0.122. The number of benzene rings is 2. The molecule has 7 nitrogen and oxygen atoms in total. The fourth-order valence-corrected chi connectivity index (χ4v) is 2.85. The molecular weight excluding hydrogens is 360 g/mol. The quantitative estimate of drug-likeness (QED) is 0.559. The van der Waals surface area contributed by atoms with Crippen LogP contribution in [0.5, 0.6) is 5.75 Å². The fourth-order valence-electron chi connectivity index (χ4n) is 2.85. The minimum atomic E-state index is -0.538. The number of carbonyl (C=O) groups is 3. The van der Waals surface area contributed by atoms with Crippen LogP contribution in [0.25, 0.3) is 0 Å². The van der Waals surface area contributed by atoms with E-state index in [1.54, 1.807) is 29.2 Å². The van der Waals surface area contributed by atoms with Gasteiger partial charge in [-0.05, 0) is 42.8 Å². The van der Waals surface area contributed by atoms with Crippen LogP contribution < -0.4 is 15.0 Å². The van der Waals surface area contributed by atoms with Crippen molar-refractivity contribution in [2.75, 3.05) is 31.2 Å². The molecule has 0 spiro atoms. The molecular formula is C21H22N2O5. The van der Waals surface area contributed by atoms with Crippen LogP contribution in [-0.4, -0.2) is 44.1 Å². The van der Waals surface area contributed by atoms with Gasteiger partial charge in [-0.2, -0.15) is 0 Å². The van der Waals surface area contributed by atoms with E-state index in [4.69, 9.17) is 9.47 Å². The molecule has 7 heteroatoms. The van der Waals surface area contributed by atoms with Gasteiger partial charge in [0, 0.05) is 24.2 Å². The SMILES string of the molecule is O=C(CNC(=O)c1ccc(N2CCCC2=O)cc1)OCCOc1ccccc1. The Labute approximate surface area is 163 Å². The van der Waals surface area contributed by atoms with E-state index in [1.165, 1.54) is 0 Å². The number of hydrogen-bond donors (Lipinski definition) is 1. The normalized spacial score (nSPS) is 13.3. The van der Waals surface area contributed by atoms with Crippen LogP contribution in [0, 0.1) is 0 Å². The zero-order valence-electron chi connectivity index (χ0n) is 15.4. The van der Waals surface area contributed by atoms with Gasteiger partial charge in [0.15, 0.2) is 0 Å². The van der Waals surface area contributed by atoms with Gasteiger partial charge >= 0.3 is 5.97 Å². The Hall–Kier alpha value is -3.35. The molecule has 0 radical (unpaired) electrons. The topological polar surface area (TPSA) is 84.9 Å². The molecule has 2 aromatic carbocycles. The van der Waals surface area contributed by atoms with Crippen LogP contribution in [0.1, 0.15) is 23.2 Å². The first-order valence-electron chi connectivity index (χ1n) is 9.15. The highest BCUT2D eigenvalue weighted by molar-refractivity contribution is 5.98. The first kappa shape index (κ1) is 19.4. The summed E-state index contributed by atoms with van der Waals surface area (Å²) in [6.45, 7) is 0.809. The molecule has 0 atom stereocenters. The Morgan fingerprint density at radius 1 is 1.00 bits per heavy atom. The van der Waals surface area contributed by atoms with Crippen molar-refractivity contribution >= 4 is 23.5 Å². The summed E-state index contributed by atoms with van der Waals surface area (Å²) >= 11 is 0. The highest BCUT2D eigenvalue weighted by Gasteiger charge is 2.21. The fraction of sp³-hybridized carbons (Fsp3) is 0.286. The molecule has 1 aliphatic rings. The maximum absolute atomic E-state index is 12.1. The number of anilines is 1. The lowest BCUT2D eigenvalue weighted by atomic mass is 10.2. The third-order valence-electron chi connectivity index (χ3n) is 4.27. The highest BCUT2D eigenvalue weighted by atomic mass is 16.6. The van der Waals surface area contributed by atoms with Gasteiger partial charge in [-0.25, -0.2) is 0 Å². The number of hydrogen-bond acceptors (Lipinski definition) is 5. The van der Waals surface area contributed by atoms with Gasteiger partial charge in [0.05, 0.1) is 0 Å². The van der Waals surface area contributed by atoms with Crippen molar-refractivity contribution in [3.63, 3.8) is 0 Å². The molecule has 0 bridgehead atoms. The molecule has 0 aromatic heterocycles. The van der Waals surface area contributed by atoms with Crippen LogP contribution in [-0.2, 0) is 14.3 Å². The van der Waals surface area contributed by atoms with E-state index in [1.807, 2.05) is 30.3 Å². The summed E-state index contributed by atoms with van der Waals surface area (Å²) in [6.07, 6.45) is 1.40. The third kappa shape index (κ3) is 5.33. The highest BCUT2D eigenvalue weighted by Crippen LogP contribution is 2.21. The van der Waals surface area contributed by atoms with Gasteiger partial charge < -0.3 is 19.7 Å². The predicted octanol–water partition coefficient (Wildman–Crippen LogP) is 2.17. The van der Waals surface area contributed by atoms with Gasteiger partial charge in [-0.15, -0.1) is 0 Å². The van der Waals surface area contributed by atoms with Crippen LogP contribution in [0.2, 0.25) is 0 Å². The average Bonchev–Trinajstić information content (AvgIpc) is 3.16. The first-order valence-corrected chi connectivity index (χ1v) is 9.15. The minimum absolute atomic E-state index is 0.0937. The van der Waals surface area contributed by atoms with Crippen LogP contribution >= 0.6 is 0 Å². The molecule has 0 unspecified atom stereocenters. The van der Waals surface area contributed by atoms with Crippen molar-refractivity contribution in [1.29, 1.82) is 0 Å². The summed E-state index contributed by atoms with van der Waals surface area (Å²) in [7, 11) is 0. The minimum Gasteiger partial charge on any atom is -0.490 e. The molecule has 3 rings (SSSR count). The van der Waals surface area contributed by atoms with E-state index < -0.39 is 5.97 Å². The number of nitrogens with zero attached hydrogens (tertiary/aromatic N) is 1. The van der Waals surface area contributed by atoms with E-state index in [0.29, 0.717) is 24.3 Å². The number of carbonyl (C=O) groups excluding carboxylic acids is 3. The van der Waals surface area contributed by atoms with Crippen molar-refractivity contribution in [1.82, 2.24) is 5.32 Å². The number of esters is 1. The standard InChI is InChI=1S/C21H22N2O5/c24-19-7-4-12-23(19)17-10-8-16(9-11-17)21(26)22-15-20(25)28-14-13-27-18-5-2-1-3-6-18/h1-3,5-6,8-11H,4,7,12-15H2,(H,22,26). The van der Waals surface area contributed by atoms with E-state index in [-0.39, 0.29) is 31.6 Å². The van der Waals surface area contributed by atoms with Gasteiger partial charge in [0.1, 0.15) is 25.5 Å². The molecule has 1 N–H and O–H groups in total. The summed E-state index contributed by atoms with van der Waals surface area (Å²) in [4.78, 5) is 37.3. The van der Waals surface area contributed by atoms with Gasteiger partial charge in [-0.3, -0.25) is 14.4 Å². The lowest BCUT2D eigenvalue weighted by molar-refractivity contribution is -0.143. The molecule has 1 heterocycles. The molecule has 0 aliphatic carbocycles. The Morgan fingerprint density at radius 3 is 2.43 bits per heavy atom. The van der Waals surface area contributed by atoms with Crippen LogP contribution in [0.15, 0.2) is 54.6 Å². The number of ether oxygens (including phenoxy) is 2. The Kier molecular flexibility index (Phi) is 6.62. The van der Waals surface area contributed by atoms with E-state index in [9.17, 15) is 14.4 Å². The Bertz CT molecular complexity index is 820. The summed E-state index contributed by atoms with van der Waals surface area (Å²) in [5, 5.41) is 2.52. The maximum atomic E-state index is 12.1. The van der Waals surface area contributed by atoms with Gasteiger partial charge in [0.2, 0.25) is 5.91 Å². The van der Waals surface area contributed by atoms with Crippen molar-refractivity contribution in [3.05, 3.63) is 60.2 Å². The lowest BCUT2D eigenvalue weighted by Crippen LogP contribution is -2.31. The Morgan fingerprint density at radius 2 is 1.75 bits per heavy atom. The van der Waals surface area contributed by atoms with Crippen molar-refractivity contribution in [3.8, 4) is 5.75 Å². The second-order valence-electron chi connectivity index (χ2n) is 6.26. The smallest absolute Gasteiger partial charge is 0.325 e. The molecule has 1 fully saturated rings. The monoisotopic (exact) mass is 382 g/mol. The third-order valence-corrected chi connectivity index (χ3v) is 4.27. The summed E-state index contributed by atoms with van der Waals surface area (Å²) < 4.78 is 10.4. The number of nitrogens with one attached hydrogen (secondary N) is 1. The second-order valence-corrected chi connectivity index (χ2v) is 6.26. The first-order chi connectivity index (χ1) is 13.6. The predicted molar refractivity (Wildman–Crippen MR) is 103 cm³/mol. The summed E-state index contributed by atoms with van der Waals surface area (Å²) in [6, 6.07) is 16.0. The summed E-state index contributed by atoms with van der Waals surface area (Å²) in [5.41, 5.74) is 1.19. The van der Waals surface area contributed by atoms with Gasteiger partial charge in [0.25, 0.3) is 5.91 Å². The van der Waals surface area contributed by atoms with Crippen LogP contribution in [0.3, 0.4) is 0 Å². The molecule has 2 amide bonds. The van der Waals surface area contributed by atoms with Gasteiger partial charge in [-0.1, -0.05) is 18.2 Å². The molecule has 146 valence electrons. The molecule has 2 aromatic rings. The Balaban J connectivity index is 1.37. The van der Waals surface area contributed by atoms with E-state index in [0.717, 1.165) is 12.1 Å².